The van der Waals surface area contributed by atoms with E-state index < -0.39 is 0 Å². The van der Waals surface area contributed by atoms with Crippen molar-refractivity contribution in [2.24, 2.45) is 0 Å². The number of para-hydroxylation sites is 2. The van der Waals surface area contributed by atoms with Gasteiger partial charge in [0.05, 0.1) is 11.1 Å². The Balaban J connectivity index is 1.99. The minimum atomic E-state index is -0.240. The monoisotopic (exact) mass is 359 g/mol. The number of pyridine rings is 1. The van der Waals surface area contributed by atoms with Crippen LogP contribution < -0.4 is 10.5 Å². The van der Waals surface area contributed by atoms with Crippen LogP contribution in [0.15, 0.2) is 71.5 Å². The Morgan fingerprint density at radius 2 is 1.42 bits per heavy atom. The fraction of sp³-hybridized carbons (Fsp3) is 0.0952. The molecule has 128 valence electrons. The highest BCUT2D eigenvalue weighted by Crippen LogP contribution is 2.36. The van der Waals surface area contributed by atoms with E-state index in [1.54, 1.807) is 0 Å². The normalized spacial score (nSPS) is 10.8. The fourth-order valence-electron chi connectivity index (χ4n) is 3.02. The number of aromatic nitrogens is 2. The summed E-state index contributed by atoms with van der Waals surface area (Å²) >= 11 is 1.50. The van der Waals surface area contributed by atoms with E-state index in [-0.39, 0.29) is 5.56 Å². The molecule has 26 heavy (non-hydrogen) atoms. The van der Waals surface area contributed by atoms with Gasteiger partial charge >= 0.3 is 0 Å². The minimum Gasteiger partial charge on any atom is -0.286 e. The molecule has 0 aliphatic rings. The topological polar surface area (TPSA) is 46.1 Å². The number of fused-ring (bicyclic) bond motifs is 1. The molecule has 5 heteroatoms. The molecule has 0 amide bonds. The van der Waals surface area contributed by atoms with Gasteiger partial charge in [-0.15, -0.1) is 0 Å². The summed E-state index contributed by atoms with van der Waals surface area (Å²) < 4.78 is 0.905. The number of nitrogens with zero attached hydrogens (tertiary/aromatic N) is 3. The first-order valence-electron chi connectivity index (χ1n) is 8.33. The van der Waals surface area contributed by atoms with Gasteiger partial charge in [-0.1, -0.05) is 47.7 Å². The maximum Gasteiger partial charge on any atom is 0.282 e. The predicted molar refractivity (Wildman–Crippen MR) is 108 cm³/mol. The van der Waals surface area contributed by atoms with Gasteiger partial charge in [-0.25, -0.2) is 0 Å². The molecule has 0 unspecified atom stereocenters. The van der Waals surface area contributed by atoms with Crippen LogP contribution in [0, 0.1) is 13.8 Å². The summed E-state index contributed by atoms with van der Waals surface area (Å²) in [6.07, 6.45) is 0. The van der Waals surface area contributed by atoms with Gasteiger partial charge in [-0.2, -0.15) is 4.98 Å². The average molecular weight is 359 g/mol. The van der Waals surface area contributed by atoms with Crippen LogP contribution in [0.2, 0.25) is 0 Å². The lowest BCUT2D eigenvalue weighted by Crippen LogP contribution is -2.16. The van der Waals surface area contributed by atoms with Crippen molar-refractivity contribution in [1.29, 1.82) is 0 Å². The van der Waals surface area contributed by atoms with Crippen molar-refractivity contribution in [3.05, 3.63) is 88.5 Å². The lowest BCUT2D eigenvalue weighted by atomic mass is 10.2. The van der Waals surface area contributed by atoms with Crippen LogP contribution in [-0.2, 0) is 0 Å². The smallest absolute Gasteiger partial charge is 0.282 e. The maximum absolute atomic E-state index is 12.7. The molecule has 0 radical (unpaired) electrons. The maximum atomic E-state index is 12.7. The van der Waals surface area contributed by atoms with E-state index in [0.717, 1.165) is 27.5 Å². The second-order valence-corrected chi connectivity index (χ2v) is 7.04. The third-order valence-corrected chi connectivity index (χ3v) is 5.12. The highest BCUT2D eigenvalue weighted by atomic mass is 32.1. The highest BCUT2D eigenvalue weighted by molar-refractivity contribution is 7.21. The lowest BCUT2D eigenvalue weighted by molar-refractivity contribution is 1.13. The Morgan fingerprint density at radius 1 is 0.846 bits per heavy atom. The molecule has 0 atom stereocenters. The van der Waals surface area contributed by atoms with Crippen LogP contribution in [-0.4, -0.2) is 9.97 Å². The van der Waals surface area contributed by atoms with Crippen molar-refractivity contribution in [2.45, 2.75) is 13.8 Å². The Hall–Kier alpha value is -3.05. The molecule has 2 aromatic carbocycles. The Bertz CT molecular complexity index is 1090. The second-order valence-electron chi connectivity index (χ2n) is 6.03. The van der Waals surface area contributed by atoms with Gasteiger partial charge in [-0.3, -0.25) is 14.7 Å². The quantitative estimate of drug-likeness (QED) is 0.508. The van der Waals surface area contributed by atoms with Gasteiger partial charge in [0.25, 0.3) is 5.56 Å². The largest absolute Gasteiger partial charge is 0.286 e. The van der Waals surface area contributed by atoms with Crippen molar-refractivity contribution in [3.8, 4) is 0 Å². The molecule has 4 nitrogen and oxygen atoms in total. The lowest BCUT2D eigenvalue weighted by Gasteiger charge is -2.23. The third kappa shape index (κ3) is 2.97. The minimum absolute atomic E-state index is 0.240. The van der Waals surface area contributed by atoms with Crippen molar-refractivity contribution in [1.82, 2.24) is 9.97 Å². The van der Waals surface area contributed by atoms with Crippen LogP contribution in [0.4, 0.5) is 16.5 Å². The summed E-state index contributed by atoms with van der Waals surface area (Å²) in [5, 5.41) is 1.25. The van der Waals surface area contributed by atoms with E-state index in [1.165, 1.54) is 11.3 Å². The van der Waals surface area contributed by atoms with Gasteiger partial charge in [0, 0.05) is 21.8 Å². The first-order chi connectivity index (χ1) is 12.6. The first kappa shape index (κ1) is 16.4. The molecule has 0 saturated heterocycles. The summed E-state index contributed by atoms with van der Waals surface area (Å²) in [6.45, 7) is 3.80. The molecular weight excluding hydrogens is 342 g/mol. The number of benzene rings is 2. The van der Waals surface area contributed by atoms with Gasteiger partial charge in [0.15, 0.2) is 5.13 Å². The summed E-state index contributed by atoms with van der Waals surface area (Å²) in [5.74, 6) is 0. The van der Waals surface area contributed by atoms with Crippen molar-refractivity contribution in [2.75, 3.05) is 4.90 Å². The zero-order valence-corrected chi connectivity index (χ0v) is 15.3. The van der Waals surface area contributed by atoms with Gasteiger partial charge in [0.2, 0.25) is 0 Å². The summed E-state index contributed by atoms with van der Waals surface area (Å²) in [5.41, 5.74) is 3.31. The summed E-state index contributed by atoms with van der Waals surface area (Å²) in [7, 11) is 0. The Labute approximate surface area is 155 Å². The van der Waals surface area contributed by atoms with Crippen LogP contribution in [0.25, 0.3) is 10.1 Å². The van der Waals surface area contributed by atoms with Crippen molar-refractivity contribution >= 4 is 37.9 Å². The Kier molecular flexibility index (Phi) is 4.22. The average Bonchev–Trinajstić information content (AvgIpc) is 2.63. The van der Waals surface area contributed by atoms with E-state index in [9.17, 15) is 4.79 Å². The van der Waals surface area contributed by atoms with Gasteiger partial charge < -0.3 is 0 Å². The SMILES string of the molecule is Cc1cc2sc(N(c3ccccc3)c3ccccc3)nc(=O)c2c(C)n1. The highest BCUT2D eigenvalue weighted by Gasteiger charge is 2.17. The van der Waals surface area contributed by atoms with Crippen molar-refractivity contribution in [3.63, 3.8) is 0 Å². The molecule has 0 N–H and O–H groups in total. The van der Waals surface area contributed by atoms with Crippen LogP contribution in [0.5, 0.6) is 0 Å². The zero-order chi connectivity index (χ0) is 18.1. The summed E-state index contributed by atoms with van der Waals surface area (Å²) in [6, 6.07) is 21.9. The molecule has 2 heterocycles. The van der Waals surface area contributed by atoms with Gasteiger partial charge in [0.1, 0.15) is 0 Å². The first-order valence-corrected chi connectivity index (χ1v) is 9.14. The molecule has 0 spiro atoms. The van der Waals surface area contributed by atoms with Crippen LogP contribution in [0.3, 0.4) is 0 Å². The standard InChI is InChI=1S/C21H17N3OS/c1-14-13-18-19(15(2)22-14)20(25)23-21(26-18)24(16-9-5-3-6-10-16)17-11-7-4-8-12-17/h3-13H,1-2H3. The molecular formula is C21H17N3OS. The number of anilines is 3. The van der Waals surface area contributed by atoms with Crippen LogP contribution >= 0.6 is 11.3 Å². The van der Waals surface area contributed by atoms with Crippen LogP contribution in [0.1, 0.15) is 11.4 Å². The Morgan fingerprint density at radius 3 is 2.00 bits per heavy atom. The van der Waals surface area contributed by atoms with E-state index in [1.807, 2.05) is 85.5 Å². The molecule has 0 saturated carbocycles. The molecule has 0 aliphatic heterocycles. The van der Waals surface area contributed by atoms with E-state index in [2.05, 4.69) is 9.97 Å². The van der Waals surface area contributed by atoms with E-state index in [0.29, 0.717) is 10.5 Å². The third-order valence-electron chi connectivity index (χ3n) is 4.12. The second kappa shape index (κ2) is 6.69. The molecule has 0 aliphatic carbocycles. The molecule has 2 aromatic heterocycles. The molecule has 4 rings (SSSR count). The molecule has 0 fully saturated rings. The number of hydrogen-bond acceptors (Lipinski definition) is 5. The molecule has 4 aromatic rings. The fourth-order valence-corrected chi connectivity index (χ4v) is 4.21. The number of aryl methyl sites for hydroxylation is 2. The van der Waals surface area contributed by atoms with Crippen molar-refractivity contribution < 1.29 is 0 Å². The predicted octanol–water partition coefficient (Wildman–Crippen LogP) is 5.14. The molecule has 0 bridgehead atoms. The number of rotatable bonds is 3. The van der Waals surface area contributed by atoms with Gasteiger partial charge in [-0.05, 0) is 44.2 Å². The summed E-state index contributed by atoms with van der Waals surface area (Å²) in [4.78, 5) is 23.5. The van der Waals surface area contributed by atoms with E-state index in [4.69, 9.17) is 0 Å². The zero-order valence-electron chi connectivity index (χ0n) is 14.5. The van der Waals surface area contributed by atoms with E-state index >= 15 is 0 Å². The number of hydrogen-bond donors (Lipinski definition) is 0.